The van der Waals surface area contributed by atoms with Crippen molar-refractivity contribution in [1.82, 2.24) is 19.6 Å². The molecule has 190 valence electrons. The van der Waals surface area contributed by atoms with Crippen molar-refractivity contribution in [1.29, 1.82) is 0 Å². The van der Waals surface area contributed by atoms with Gasteiger partial charge in [-0.15, -0.1) is 0 Å². The van der Waals surface area contributed by atoms with E-state index in [1.165, 1.54) is 0 Å². The number of aliphatic hydroxyl groups is 1. The van der Waals surface area contributed by atoms with Crippen molar-refractivity contribution >= 4 is 9.84 Å². The fraction of sp³-hybridized carbons (Fsp3) is 0.286. The first-order valence-electron chi connectivity index (χ1n) is 12.1. The number of rotatable bonds is 6. The fourth-order valence-corrected chi connectivity index (χ4v) is 5.52. The Morgan fingerprint density at radius 1 is 1.00 bits per heavy atom. The van der Waals surface area contributed by atoms with Gasteiger partial charge in [0.1, 0.15) is 17.6 Å². The highest BCUT2D eigenvalue weighted by Crippen LogP contribution is 2.22. The molecule has 1 saturated heterocycles. The van der Waals surface area contributed by atoms with Crippen LogP contribution in [0.25, 0.3) is 11.3 Å². The summed E-state index contributed by atoms with van der Waals surface area (Å²) in [7, 11) is -2.86. The van der Waals surface area contributed by atoms with Crippen molar-refractivity contribution < 1.29 is 18.0 Å². The van der Waals surface area contributed by atoms with Gasteiger partial charge in [-0.3, -0.25) is 4.90 Å². The van der Waals surface area contributed by atoms with Crippen molar-refractivity contribution in [2.75, 3.05) is 24.6 Å². The molecular weight excluding hydrogens is 488 g/mol. The number of hydrogen-bond acceptors (Lipinski definition) is 7. The van der Waals surface area contributed by atoms with Gasteiger partial charge in [-0.1, -0.05) is 29.1 Å². The van der Waals surface area contributed by atoms with Crippen molar-refractivity contribution in [3.63, 3.8) is 0 Å². The molecule has 1 aliphatic rings. The van der Waals surface area contributed by atoms with Crippen LogP contribution in [-0.2, 0) is 22.9 Å². The van der Waals surface area contributed by atoms with Crippen LogP contribution in [0, 0.1) is 11.8 Å². The van der Waals surface area contributed by atoms with E-state index >= 15 is 0 Å². The number of aromatic nitrogens is 3. The van der Waals surface area contributed by atoms with Crippen LogP contribution in [-0.4, -0.2) is 57.7 Å². The Morgan fingerprint density at radius 2 is 1.65 bits per heavy atom. The third-order valence-corrected chi connectivity index (χ3v) is 7.94. The van der Waals surface area contributed by atoms with E-state index < -0.39 is 15.9 Å². The normalized spacial score (nSPS) is 16.2. The topological polar surface area (TPSA) is 101 Å². The number of nitrogens with zero attached hydrogens (tertiary/aromatic N) is 4. The Labute approximate surface area is 216 Å². The van der Waals surface area contributed by atoms with Crippen LogP contribution in [0.1, 0.15) is 41.2 Å². The summed E-state index contributed by atoms with van der Waals surface area (Å²) in [6.45, 7) is 4.07. The average molecular weight is 517 g/mol. The Morgan fingerprint density at radius 3 is 2.30 bits per heavy atom. The lowest BCUT2D eigenvalue weighted by atomic mass is 10.1. The first kappa shape index (κ1) is 25.0. The predicted octanol–water partition coefficient (Wildman–Crippen LogP) is 3.27. The molecule has 2 aromatic carbocycles. The molecule has 37 heavy (non-hydrogen) atoms. The summed E-state index contributed by atoms with van der Waals surface area (Å²) in [6.07, 6.45) is 2.81. The first-order valence-corrected chi connectivity index (χ1v) is 14.0. The van der Waals surface area contributed by atoms with Gasteiger partial charge in [0.15, 0.2) is 15.6 Å². The summed E-state index contributed by atoms with van der Waals surface area (Å²) < 4.78 is 30.6. The Balaban J connectivity index is 1.19. The van der Waals surface area contributed by atoms with Gasteiger partial charge in [0, 0.05) is 54.8 Å². The minimum Gasteiger partial charge on any atom is -0.385 e. The molecule has 1 atom stereocenters. The molecule has 0 aliphatic carbocycles. The van der Waals surface area contributed by atoms with Gasteiger partial charge in [-0.25, -0.2) is 13.4 Å². The number of aliphatic hydroxyl groups excluding tert-OH is 1. The molecule has 0 unspecified atom stereocenters. The maximum absolute atomic E-state index is 11.6. The van der Waals surface area contributed by atoms with Crippen molar-refractivity contribution in [2.24, 2.45) is 0 Å². The monoisotopic (exact) mass is 516 g/mol. The maximum Gasteiger partial charge on any atom is 0.167 e. The summed E-state index contributed by atoms with van der Waals surface area (Å²) in [6, 6.07) is 17.8. The van der Waals surface area contributed by atoms with E-state index in [4.69, 9.17) is 4.52 Å². The van der Waals surface area contributed by atoms with E-state index in [-0.39, 0.29) is 11.5 Å². The van der Waals surface area contributed by atoms with Crippen LogP contribution in [0.4, 0.5) is 0 Å². The molecule has 5 rings (SSSR count). The third-order valence-electron chi connectivity index (χ3n) is 6.33. The second-order valence-corrected chi connectivity index (χ2v) is 11.5. The highest BCUT2D eigenvalue weighted by atomic mass is 32.2. The van der Waals surface area contributed by atoms with Gasteiger partial charge in [0.05, 0.1) is 18.1 Å². The minimum absolute atomic E-state index is 0.239. The molecular formula is C28H28N4O4S. The van der Waals surface area contributed by atoms with Crippen molar-refractivity contribution in [3.05, 3.63) is 95.2 Å². The van der Waals surface area contributed by atoms with E-state index in [0.29, 0.717) is 31.2 Å². The fourth-order valence-electron chi connectivity index (χ4n) is 4.24. The lowest BCUT2D eigenvalue weighted by Gasteiger charge is -2.26. The summed E-state index contributed by atoms with van der Waals surface area (Å²) in [4.78, 5) is 6.35. The second-order valence-electron chi connectivity index (χ2n) is 9.22. The first-order chi connectivity index (χ1) is 17.8. The van der Waals surface area contributed by atoms with Crippen LogP contribution in [0.2, 0.25) is 0 Å². The van der Waals surface area contributed by atoms with Crippen LogP contribution in [0.15, 0.2) is 71.5 Å². The van der Waals surface area contributed by atoms with Crippen LogP contribution < -0.4 is 0 Å². The zero-order chi connectivity index (χ0) is 25.8. The number of sulfone groups is 1. The summed E-state index contributed by atoms with van der Waals surface area (Å²) in [5.41, 5.74) is 4.61. The Bertz CT molecular complexity index is 1510. The predicted molar refractivity (Wildman–Crippen MR) is 140 cm³/mol. The molecule has 1 N–H and O–H groups in total. The number of hydrogen-bond donors (Lipinski definition) is 1. The lowest BCUT2D eigenvalue weighted by molar-refractivity contribution is 0.184. The van der Waals surface area contributed by atoms with E-state index in [2.05, 4.69) is 26.9 Å². The zero-order valence-electron chi connectivity index (χ0n) is 20.5. The molecule has 9 heteroatoms. The highest BCUT2D eigenvalue weighted by Gasteiger charge is 2.21. The third kappa shape index (κ3) is 6.35. The van der Waals surface area contributed by atoms with Gasteiger partial charge < -0.3 is 14.2 Å². The van der Waals surface area contributed by atoms with Gasteiger partial charge in [0.25, 0.3) is 0 Å². The van der Waals surface area contributed by atoms with E-state index in [1.54, 1.807) is 19.3 Å². The van der Waals surface area contributed by atoms with Crippen LogP contribution >= 0.6 is 0 Å². The molecule has 2 aromatic heterocycles. The summed E-state index contributed by atoms with van der Waals surface area (Å²) in [5, 5.41) is 14.0. The molecule has 0 bridgehead atoms. The molecule has 0 amide bonds. The van der Waals surface area contributed by atoms with Gasteiger partial charge in [0.2, 0.25) is 0 Å². The zero-order valence-corrected chi connectivity index (χ0v) is 21.4. The standard InChI is InChI=1S/C28H28N4O4S/c1-21(33)28-29-12-13-32(28)20-26-18-27(36-30-26)25-10-8-23(9-11-25)3-2-22-4-6-24(7-5-22)19-31-14-16-37(34,35)17-15-31/h4-13,18,21,33H,14-17,19-20H2,1H3/t21-/m0/s1. The molecule has 0 spiro atoms. The highest BCUT2D eigenvalue weighted by molar-refractivity contribution is 7.91. The van der Waals surface area contributed by atoms with Crippen LogP contribution in [0.3, 0.4) is 0 Å². The Kier molecular flexibility index (Phi) is 7.24. The van der Waals surface area contributed by atoms with Crippen molar-refractivity contribution in [3.8, 4) is 23.2 Å². The van der Waals surface area contributed by atoms with Gasteiger partial charge in [-0.2, -0.15) is 0 Å². The largest absolute Gasteiger partial charge is 0.385 e. The molecule has 3 heterocycles. The van der Waals surface area contributed by atoms with Crippen LogP contribution in [0.5, 0.6) is 0 Å². The van der Waals surface area contributed by atoms with Gasteiger partial charge >= 0.3 is 0 Å². The van der Waals surface area contributed by atoms with Crippen molar-refractivity contribution in [2.45, 2.75) is 26.1 Å². The quantitative estimate of drug-likeness (QED) is 0.393. The molecule has 8 nitrogen and oxygen atoms in total. The van der Waals surface area contributed by atoms with Gasteiger partial charge in [-0.05, 0) is 48.9 Å². The SMILES string of the molecule is C[C@H](O)c1nccn1Cc1cc(-c2ccc(C#Cc3ccc(CN4CCS(=O)(=O)CC4)cc3)cc2)on1. The smallest absolute Gasteiger partial charge is 0.167 e. The molecule has 0 radical (unpaired) electrons. The molecule has 1 aliphatic heterocycles. The molecule has 1 fully saturated rings. The molecule has 0 saturated carbocycles. The number of imidazole rings is 1. The maximum atomic E-state index is 11.6. The number of benzene rings is 2. The van der Waals surface area contributed by atoms with E-state index in [1.807, 2.05) is 59.2 Å². The minimum atomic E-state index is -2.86. The van der Waals surface area contributed by atoms with E-state index in [0.717, 1.165) is 34.5 Å². The van der Waals surface area contributed by atoms with E-state index in [9.17, 15) is 13.5 Å². The molecule has 4 aromatic rings. The average Bonchev–Trinajstić information content (AvgIpc) is 3.55. The summed E-state index contributed by atoms with van der Waals surface area (Å²) >= 11 is 0. The second kappa shape index (κ2) is 10.7. The lowest BCUT2D eigenvalue weighted by Crippen LogP contribution is -2.39. The summed E-state index contributed by atoms with van der Waals surface area (Å²) in [5.74, 6) is 8.12. The Hall–Kier alpha value is -3.71.